The summed E-state index contributed by atoms with van der Waals surface area (Å²) < 4.78 is 13.8. The molecule has 1 aliphatic heterocycles. The smallest absolute Gasteiger partial charge is 0.308 e. The Balaban J connectivity index is 1.63. The molecule has 0 spiro atoms. The molecular weight excluding hydrogens is 426 g/mol. The highest BCUT2D eigenvalue weighted by Gasteiger charge is 2.27. The number of aromatic nitrogens is 1. The van der Waals surface area contributed by atoms with Gasteiger partial charge in [0.1, 0.15) is 6.61 Å². The van der Waals surface area contributed by atoms with Gasteiger partial charge in [0.25, 0.3) is 0 Å². The molecule has 1 N–H and O–H groups in total. The molecule has 8 heteroatoms. The topological polar surface area (TPSA) is 85.4 Å². The zero-order valence-electron chi connectivity index (χ0n) is 15.1. The molecule has 4 rings (SSSR count). The van der Waals surface area contributed by atoms with E-state index >= 15 is 0 Å². The average Bonchev–Trinajstić information content (AvgIpc) is 2.96. The third-order valence-corrected chi connectivity index (χ3v) is 4.95. The van der Waals surface area contributed by atoms with Crippen LogP contribution in [0.4, 0.5) is 5.69 Å². The first-order valence-electron chi connectivity index (χ1n) is 8.93. The number of carbonyl (C=O) groups is 1. The number of ether oxygens (including phenoxy) is 2. The maximum Gasteiger partial charge on any atom is 0.308 e. The summed E-state index contributed by atoms with van der Waals surface area (Å²) in [6, 6.07) is 12.8. The van der Waals surface area contributed by atoms with E-state index in [-0.39, 0.29) is 18.2 Å². The molecular formula is C20H18BrN3O4. The number of aromatic hydroxyl groups is 1. The van der Waals surface area contributed by atoms with Crippen molar-refractivity contribution in [1.29, 1.82) is 0 Å². The van der Waals surface area contributed by atoms with Crippen molar-refractivity contribution >= 4 is 38.4 Å². The summed E-state index contributed by atoms with van der Waals surface area (Å²) >= 11 is 3.43. The highest BCUT2D eigenvalue weighted by molar-refractivity contribution is 9.10. The summed E-state index contributed by atoms with van der Waals surface area (Å²) in [5, 5.41) is 19.2. The Bertz CT molecular complexity index is 1080. The Morgan fingerprint density at radius 3 is 2.86 bits per heavy atom. The normalized spacial score (nSPS) is 16.0. The first-order chi connectivity index (χ1) is 13.6. The molecule has 144 valence electrons. The number of hydrogen-bond donors (Lipinski definition) is 1. The van der Waals surface area contributed by atoms with Crippen LogP contribution in [0.15, 0.2) is 57.2 Å². The van der Waals surface area contributed by atoms with E-state index in [1.165, 1.54) is 0 Å². The van der Waals surface area contributed by atoms with Crippen molar-refractivity contribution in [2.75, 3.05) is 6.61 Å². The number of nitrogens with zero attached hydrogens (tertiary/aromatic N) is 3. The maximum atomic E-state index is 12.5. The number of hydrogen-bond acceptors (Lipinski definition) is 5. The van der Waals surface area contributed by atoms with Crippen LogP contribution in [0.2, 0.25) is 0 Å². The molecule has 0 saturated heterocycles. The van der Waals surface area contributed by atoms with E-state index in [2.05, 4.69) is 26.2 Å². The van der Waals surface area contributed by atoms with E-state index in [9.17, 15) is 9.90 Å². The molecule has 2 heterocycles. The first-order valence-corrected chi connectivity index (χ1v) is 9.72. The van der Waals surface area contributed by atoms with Crippen molar-refractivity contribution in [2.24, 2.45) is 10.2 Å². The van der Waals surface area contributed by atoms with Crippen LogP contribution in [0.1, 0.15) is 13.3 Å². The third kappa shape index (κ3) is 3.35. The van der Waals surface area contributed by atoms with Gasteiger partial charge in [-0.15, -0.1) is 10.2 Å². The molecule has 1 atom stereocenters. The molecule has 28 heavy (non-hydrogen) atoms. The number of carbonyl (C=O) groups excluding carboxylic acids is 1. The molecule has 0 fully saturated rings. The van der Waals surface area contributed by atoms with Crippen LogP contribution in [0.3, 0.4) is 0 Å². The lowest BCUT2D eigenvalue weighted by atomic mass is 10.2. The van der Waals surface area contributed by atoms with Crippen LogP contribution in [0.5, 0.6) is 17.4 Å². The predicted octanol–water partition coefficient (Wildman–Crippen LogP) is 4.97. The predicted molar refractivity (Wildman–Crippen MR) is 107 cm³/mol. The quantitative estimate of drug-likeness (QED) is 0.576. The fraction of sp³-hybridized carbons (Fsp3) is 0.250. The summed E-state index contributed by atoms with van der Waals surface area (Å²) in [6.45, 7) is 2.71. The summed E-state index contributed by atoms with van der Waals surface area (Å²) in [4.78, 5) is 12.5. The van der Waals surface area contributed by atoms with Crippen molar-refractivity contribution in [3.8, 4) is 17.4 Å². The second kappa shape index (κ2) is 7.63. The van der Waals surface area contributed by atoms with Crippen LogP contribution < -0.4 is 9.47 Å². The van der Waals surface area contributed by atoms with Gasteiger partial charge in [0, 0.05) is 16.4 Å². The fourth-order valence-corrected chi connectivity index (χ4v) is 3.51. The molecule has 0 bridgehead atoms. The summed E-state index contributed by atoms with van der Waals surface area (Å²) in [7, 11) is 0. The number of fused-ring (bicyclic) bond motifs is 2. The van der Waals surface area contributed by atoms with Crippen molar-refractivity contribution in [3.63, 3.8) is 0 Å². The Kier molecular flexibility index (Phi) is 5.04. The Labute approximate surface area is 169 Å². The van der Waals surface area contributed by atoms with Gasteiger partial charge in [-0.1, -0.05) is 35.0 Å². The van der Waals surface area contributed by atoms with Crippen LogP contribution in [-0.2, 0) is 11.3 Å². The maximum absolute atomic E-state index is 12.5. The zero-order valence-corrected chi connectivity index (χ0v) is 16.7. The second-order valence-electron chi connectivity index (χ2n) is 6.39. The van der Waals surface area contributed by atoms with Crippen molar-refractivity contribution in [1.82, 2.24) is 4.57 Å². The van der Waals surface area contributed by atoms with Gasteiger partial charge in [-0.05, 0) is 36.8 Å². The molecule has 0 radical (unpaired) electrons. The van der Waals surface area contributed by atoms with Gasteiger partial charge in [-0.2, -0.15) is 0 Å². The van der Waals surface area contributed by atoms with E-state index in [0.717, 1.165) is 16.4 Å². The van der Waals surface area contributed by atoms with E-state index in [1.54, 1.807) is 22.8 Å². The number of azo groups is 1. The fourth-order valence-electron chi connectivity index (χ4n) is 3.15. The van der Waals surface area contributed by atoms with Gasteiger partial charge < -0.3 is 19.1 Å². The summed E-state index contributed by atoms with van der Waals surface area (Å²) in [5.41, 5.74) is 1.09. The highest BCUT2D eigenvalue weighted by Crippen LogP contribution is 2.40. The van der Waals surface area contributed by atoms with Gasteiger partial charge in [0.05, 0.1) is 5.52 Å². The van der Waals surface area contributed by atoms with Gasteiger partial charge in [0.2, 0.25) is 12.0 Å². The largest absolute Gasteiger partial charge is 0.493 e. The molecule has 0 unspecified atom stereocenters. The van der Waals surface area contributed by atoms with Gasteiger partial charge in [-0.25, -0.2) is 0 Å². The molecule has 0 aliphatic carbocycles. The van der Waals surface area contributed by atoms with E-state index < -0.39 is 12.0 Å². The Morgan fingerprint density at radius 1 is 1.29 bits per heavy atom. The molecule has 0 saturated carbocycles. The standard InChI is InChI=1S/C20H18BrN3O4/c1-2-9-24-14-8-7-12(21)10-13(14)18(20(24)26)22-23-19(25)17-11-27-15-5-3-4-6-16(15)28-17/h3-8,10,17,26H,2,9,11H2,1H3/t17-/m1/s1. The van der Waals surface area contributed by atoms with Gasteiger partial charge in [0.15, 0.2) is 17.2 Å². The van der Waals surface area contributed by atoms with Crippen LogP contribution >= 0.6 is 15.9 Å². The minimum atomic E-state index is -0.878. The molecule has 7 nitrogen and oxygen atoms in total. The van der Waals surface area contributed by atoms with Gasteiger partial charge >= 0.3 is 5.91 Å². The van der Waals surface area contributed by atoms with Crippen LogP contribution in [0.25, 0.3) is 10.9 Å². The number of halogens is 1. The van der Waals surface area contributed by atoms with E-state index in [0.29, 0.717) is 23.4 Å². The van der Waals surface area contributed by atoms with Crippen molar-refractivity contribution in [2.45, 2.75) is 26.0 Å². The van der Waals surface area contributed by atoms with E-state index in [1.807, 2.05) is 31.2 Å². The lowest BCUT2D eigenvalue weighted by Gasteiger charge is -2.23. The van der Waals surface area contributed by atoms with Crippen molar-refractivity contribution in [3.05, 3.63) is 46.9 Å². The number of amides is 1. The molecule has 1 aliphatic rings. The lowest BCUT2D eigenvalue weighted by Crippen LogP contribution is -2.35. The minimum Gasteiger partial charge on any atom is -0.493 e. The first kappa shape index (κ1) is 18.5. The van der Waals surface area contributed by atoms with E-state index in [4.69, 9.17) is 9.47 Å². The summed E-state index contributed by atoms with van der Waals surface area (Å²) in [6.07, 6.45) is -0.0354. The third-order valence-electron chi connectivity index (χ3n) is 4.45. The minimum absolute atomic E-state index is 0.0161. The number of para-hydroxylation sites is 2. The van der Waals surface area contributed by atoms with Crippen LogP contribution in [0, 0.1) is 0 Å². The lowest BCUT2D eigenvalue weighted by molar-refractivity contribution is -0.127. The number of aryl methyl sites for hydroxylation is 1. The Hall–Kier alpha value is -2.87. The zero-order chi connectivity index (χ0) is 19.7. The highest BCUT2D eigenvalue weighted by atomic mass is 79.9. The average molecular weight is 444 g/mol. The van der Waals surface area contributed by atoms with Crippen molar-refractivity contribution < 1.29 is 19.4 Å². The SMILES string of the molecule is CCCn1c(O)c(N=NC(=O)[C@H]2COc3ccccc3O2)c2cc(Br)ccc21. The molecule has 2 aromatic carbocycles. The Morgan fingerprint density at radius 2 is 2.07 bits per heavy atom. The van der Waals surface area contributed by atoms with Gasteiger partial charge in [-0.3, -0.25) is 4.79 Å². The molecule has 1 amide bonds. The van der Waals surface area contributed by atoms with Crippen LogP contribution in [-0.4, -0.2) is 28.3 Å². The number of rotatable bonds is 4. The monoisotopic (exact) mass is 443 g/mol. The number of benzene rings is 2. The summed E-state index contributed by atoms with van der Waals surface area (Å²) in [5.74, 6) is 0.500. The molecule has 3 aromatic rings. The molecule has 1 aromatic heterocycles. The second-order valence-corrected chi connectivity index (χ2v) is 7.30.